The molecule has 0 heterocycles. The van der Waals surface area contributed by atoms with Gasteiger partial charge in [0.25, 0.3) is 0 Å². The van der Waals surface area contributed by atoms with Gasteiger partial charge in [0.1, 0.15) is 0 Å². The van der Waals surface area contributed by atoms with Crippen LogP contribution in [0.5, 0.6) is 0 Å². The minimum absolute atomic E-state index is 0.182. The van der Waals surface area contributed by atoms with Gasteiger partial charge < -0.3 is 4.43 Å². The molecule has 3 nitrogen and oxygen atoms in total. The van der Waals surface area contributed by atoms with Crippen LogP contribution in [0.4, 0.5) is 0 Å². The van der Waals surface area contributed by atoms with E-state index in [1.807, 2.05) is 12.1 Å². The molecule has 0 unspecified atom stereocenters. The Morgan fingerprint density at radius 3 is 1.87 bits per heavy atom. The molecule has 5 heteroatoms. The van der Waals surface area contributed by atoms with Gasteiger partial charge in [-0.3, -0.25) is 0 Å². The largest absolute Gasteiger partial charge is 0.412 e. The summed E-state index contributed by atoms with van der Waals surface area (Å²) in [4.78, 5) is 0.373. The molecule has 0 N–H and O–H groups in total. The Kier molecular flexibility index (Phi) is 5.93. The monoisotopic (exact) mass is 356 g/mol. The highest BCUT2D eigenvalue weighted by Gasteiger charge is 2.41. The fourth-order valence-corrected chi connectivity index (χ4v) is 4.66. The third-order valence-corrected chi connectivity index (χ3v) is 10.5. The van der Waals surface area contributed by atoms with E-state index in [-0.39, 0.29) is 10.6 Å². The van der Waals surface area contributed by atoms with E-state index in [2.05, 4.69) is 47.7 Å². The van der Waals surface area contributed by atoms with Crippen molar-refractivity contribution in [3.63, 3.8) is 0 Å². The topological polar surface area (TPSA) is 43.4 Å². The highest BCUT2D eigenvalue weighted by atomic mass is 32.2. The van der Waals surface area contributed by atoms with E-state index in [0.717, 1.165) is 18.4 Å². The van der Waals surface area contributed by atoms with Crippen LogP contribution in [-0.4, -0.2) is 28.6 Å². The van der Waals surface area contributed by atoms with E-state index < -0.39 is 18.2 Å². The van der Waals surface area contributed by atoms with E-state index in [4.69, 9.17) is 4.43 Å². The number of sulfone groups is 1. The lowest BCUT2D eigenvalue weighted by Crippen LogP contribution is -2.47. The van der Waals surface area contributed by atoms with Gasteiger partial charge >= 0.3 is 0 Å². The summed E-state index contributed by atoms with van der Waals surface area (Å²) in [6.07, 6.45) is 3.03. The minimum atomic E-state index is -3.12. The first-order chi connectivity index (χ1) is 10.1. The van der Waals surface area contributed by atoms with Crippen LogP contribution in [0.3, 0.4) is 0 Å². The van der Waals surface area contributed by atoms with Crippen molar-refractivity contribution in [3.8, 4) is 0 Å². The fraction of sp³-hybridized carbons (Fsp3) is 0.667. The Balaban J connectivity index is 2.73. The summed E-state index contributed by atoms with van der Waals surface area (Å²) >= 11 is 0. The third-order valence-electron chi connectivity index (χ3n) is 4.70. The van der Waals surface area contributed by atoms with Crippen molar-refractivity contribution in [2.24, 2.45) is 0 Å². The van der Waals surface area contributed by atoms with Crippen molar-refractivity contribution in [1.29, 1.82) is 0 Å². The van der Waals surface area contributed by atoms with E-state index >= 15 is 0 Å². The van der Waals surface area contributed by atoms with Gasteiger partial charge in [-0.05, 0) is 62.5 Å². The van der Waals surface area contributed by atoms with Crippen LogP contribution in [0.2, 0.25) is 18.1 Å². The second kappa shape index (κ2) is 6.69. The molecule has 23 heavy (non-hydrogen) atoms. The number of hydrogen-bond donors (Lipinski definition) is 0. The molecule has 0 bridgehead atoms. The summed E-state index contributed by atoms with van der Waals surface area (Å²) in [5.41, 5.74) is 0.961. The SMILES string of the molecule is CC(C)(CCc1ccc(S(C)(=O)=O)cc1)O[Si](C)(C)C(C)(C)C. The fourth-order valence-electron chi connectivity index (χ4n) is 2.24. The number of benzene rings is 1. The quantitative estimate of drug-likeness (QED) is 0.686. The Morgan fingerprint density at radius 2 is 1.48 bits per heavy atom. The van der Waals surface area contributed by atoms with Gasteiger partial charge in [0, 0.05) is 6.26 Å². The molecule has 0 aliphatic carbocycles. The average molecular weight is 357 g/mol. The van der Waals surface area contributed by atoms with Crippen LogP contribution in [-0.2, 0) is 20.7 Å². The summed E-state index contributed by atoms with van der Waals surface area (Å²) in [6.45, 7) is 15.6. The zero-order valence-corrected chi connectivity index (χ0v) is 17.7. The normalized spacial score (nSPS) is 14.1. The van der Waals surface area contributed by atoms with E-state index in [1.54, 1.807) is 12.1 Å². The van der Waals surface area contributed by atoms with Crippen molar-refractivity contribution >= 4 is 18.2 Å². The lowest BCUT2D eigenvalue weighted by Gasteiger charge is -2.43. The van der Waals surface area contributed by atoms with Gasteiger partial charge in [0.2, 0.25) is 0 Å². The maximum Gasteiger partial charge on any atom is 0.192 e. The molecule has 0 spiro atoms. The van der Waals surface area contributed by atoms with Gasteiger partial charge in [-0.15, -0.1) is 0 Å². The van der Waals surface area contributed by atoms with Crippen LogP contribution < -0.4 is 0 Å². The van der Waals surface area contributed by atoms with Crippen molar-refractivity contribution in [3.05, 3.63) is 29.8 Å². The second-order valence-electron chi connectivity index (χ2n) is 8.54. The number of rotatable bonds is 6. The average Bonchev–Trinajstić information content (AvgIpc) is 2.33. The van der Waals surface area contributed by atoms with Crippen LogP contribution in [0.15, 0.2) is 29.2 Å². The summed E-state index contributed by atoms with van der Waals surface area (Å²) in [6, 6.07) is 7.18. The first-order valence-corrected chi connectivity index (χ1v) is 12.9. The van der Waals surface area contributed by atoms with Crippen molar-refractivity contribution in [2.75, 3.05) is 6.26 Å². The smallest absolute Gasteiger partial charge is 0.192 e. The number of hydrogen-bond acceptors (Lipinski definition) is 3. The molecule has 0 saturated heterocycles. The van der Waals surface area contributed by atoms with Crippen LogP contribution >= 0.6 is 0 Å². The van der Waals surface area contributed by atoms with Gasteiger partial charge in [-0.2, -0.15) is 0 Å². The van der Waals surface area contributed by atoms with E-state index in [1.165, 1.54) is 6.26 Å². The Bertz CT molecular complexity index is 623. The Labute approximate surface area is 143 Å². The molecule has 1 rings (SSSR count). The summed E-state index contributed by atoms with van der Waals surface area (Å²) < 4.78 is 29.5. The Morgan fingerprint density at radius 1 is 1.00 bits per heavy atom. The summed E-state index contributed by atoms with van der Waals surface area (Å²) in [7, 11) is -4.91. The molecule has 132 valence electrons. The van der Waals surface area contributed by atoms with E-state index in [9.17, 15) is 8.42 Å². The van der Waals surface area contributed by atoms with Crippen LogP contribution in [0, 0.1) is 0 Å². The molecule has 1 aromatic carbocycles. The maximum atomic E-state index is 11.5. The Hall–Kier alpha value is -0.653. The molecule has 0 radical (unpaired) electrons. The van der Waals surface area contributed by atoms with Crippen LogP contribution in [0.1, 0.15) is 46.6 Å². The first-order valence-electron chi connectivity index (χ1n) is 8.13. The standard InChI is InChI=1S/C18H32O3SSi/c1-17(2,3)23(7,8)21-18(4,5)14-13-15-9-11-16(12-10-15)22(6,19)20/h9-12H,13-14H2,1-8H3. The zero-order valence-electron chi connectivity index (χ0n) is 15.9. The van der Waals surface area contributed by atoms with E-state index in [0.29, 0.717) is 4.90 Å². The molecular weight excluding hydrogens is 324 g/mol. The molecular formula is C18H32O3SSi. The lowest BCUT2D eigenvalue weighted by atomic mass is 9.99. The minimum Gasteiger partial charge on any atom is -0.412 e. The molecule has 0 saturated carbocycles. The van der Waals surface area contributed by atoms with Crippen molar-refractivity contribution in [2.45, 2.75) is 76.1 Å². The predicted octanol–water partition coefficient (Wildman–Crippen LogP) is 4.82. The predicted molar refractivity (Wildman–Crippen MR) is 100 cm³/mol. The molecule has 1 aromatic rings. The van der Waals surface area contributed by atoms with Crippen molar-refractivity contribution in [1.82, 2.24) is 0 Å². The highest BCUT2D eigenvalue weighted by Crippen LogP contribution is 2.39. The van der Waals surface area contributed by atoms with Gasteiger partial charge in [0.05, 0.1) is 10.5 Å². The van der Waals surface area contributed by atoms with Crippen molar-refractivity contribution < 1.29 is 12.8 Å². The van der Waals surface area contributed by atoms with Gasteiger partial charge in [-0.1, -0.05) is 32.9 Å². The molecule has 0 fully saturated rings. The molecule has 0 amide bonds. The molecule has 0 aromatic heterocycles. The second-order valence-corrected chi connectivity index (χ2v) is 15.3. The molecule has 0 aliphatic heterocycles. The summed E-state index contributed by atoms with van der Waals surface area (Å²) in [5.74, 6) is 0. The van der Waals surface area contributed by atoms with Gasteiger partial charge in [0.15, 0.2) is 18.2 Å². The maximum absolute atomic E-state index is 11.5. The number of aryl methyl sites for hydroxylation is 1. The van der Waals surface area contributed by atoms with Crippen LogP contribution in [0.25, 0.3) is 0 Å². The third kappa shape index (κ3) is 6.05. The molecule has 0 aliphatic rings. The van der Waals surface area contributed by atoms with Gasteiger partial charge in [-0.25, -0.2) is 8.42 Å². The summed E-state index contributed by atoms with van der Waals surface area (Å²) in [5, 5.41) is 0.196. The zero-order chi connectivity index (χ0) is 18.1. The first kappa shape index (κ1) is 20.4. The molecule has 0 atom stereocenters. The lowest BCUT2D eigenvalue weighted by molar-refractivity contribution is 0.0826. The highest BCUT2D eigenvalue weighted by molar-refractivity contribution is 7.90.